The molecule has 0 aliphatic heterocycles. The van der Waals surface area contributed by atoms with Crippen LogP contribution in [0.3, 0.4) is 0 Å². The first-order chi connectivity index (χ1) is 11.7. The van der Waals surface area contributed by atoms with Crippen molar-refractivity contribution in [1.82, 2.24) is 0 Å². The first kappa shape index (κ1) is 16.8. The average molecular weight is 390 g/mol. The highest BCUT2D eigenvalue weighted by atomic mass is 79.9. The van der Waals surface area contributed by atoms with Crippen molar-refractivity contribution in [3.05, 3.63) is 52.5 Å². The third-order valence-corrected chi connectivity index (χ3v) is 4.83. The second-order valence-electron chi connectivity index (χ2n) is 5.82. The first-order valence-corrected chi connectivity index (χ1v) is 8.87. The largest absolute Gasteiger partial charge is 0.493 e. The molecule has 1 fully saturated rings. The normalized spacial score (nSPS) is 14.4. The topological polar surface area (TPSA) is 47.6 Å². The zero-order valence-corrected chi connectivity index (χ0v) is 15.1. The van der Waals surface area contributed by atoms with Crippen LogP contribution < -0.4 is 14.8 Å². The van der Waals surface area contributed by atoms with E-state index in [1.165, 1.54) is 12.8 Å². The fourth-order valence-corrected chi connectivity index (χ4v) is 3.34. The molecule has 3 rings (SSSR count). The van der Waals surface area contributed by atoms with Gasteiger partial charge in [0.2, 0.25) is 0 Å². The Morgan fingerprint density at radius 2 is 1.88 bits per heavy atom. The molecule has 1 saturated carbocycles. The minimum Gasteiger partial charge on any atom is -0.493 e. The van der Waals surface area contributed by atoms with E-state index in [1.54, 1.807) is 13.2 Å². The maximum Gasteiger partial charge on any atom is 0.256 e. The fraction of sp³-hybridized carbons (Fsp3) is 0.316. The van der Waals surface area contributed by atoms with Crippen LogP contribution in [0.2, 0.25) is 0 Å². The maximum atomic E-state index is 12.4. The van der Waals surface area contributed by atoms with Crippen molar-refractivity contribution in [3.63, 3.8) is 0 Å². The van der Waals surface area contributed by atoms with Gasteiger partial charge in [0, 0.05) is 16.2 Å². The number of anilines is 1. The summed E-state index contributed by atoms with van der Waals surface area (Å²) in [7, 11) is 1.62. The van der Waals surface area contributed by atoms with Gasteiger partial charge in [-0.3, -0.25) is 4.79 Å². The van der Waals surface area contributed by atoms with Gasteiger partial charge in [-0.05, 0) is 65.9 Å². The highest BCUT2D eigenvalue weighted by Crippen LogP contribution is 2.34. The Morgan fingerprint density at radius 3 is 2.58 bits per heavy atom. The Bertz CT molecular complexity index is 726. The number of ether oxygens (including phenoxy) is 2. The molecule has 126 valence electrons. The quantitative estimate of drug-likeness (QED) is 0.779. The van der Waals surface area contributed by atoms with Gasteiger partial charge in [0.05, 0.1) is 18.8 Å². The number of hydrogen-bond acceptors (Lipinski definition) is 3. The van der Waals surface area contributed by atoms with Crippen LogP contribution in [-0.2, 0) is 0 Å². The van der Waals surface area contributed by atoms with E-state index in [0.717, 1.165) is 17.3 Å². The first-order valence-electron chi connectivity index (χ1n) is 8.08. The Balaban J connectivity index is 1.78. The summed E-state index contributed by atoms with van der Waals surface area (Å²) in [6.07, 6.45) is 4.76. The van der Waals surface area contributed by atoms with E-state index in [2.05, 4.69) is 21.2 Å². The van der Waals surface area contributed by atoms with Crippen LogP contribution in [0.15, 0.2) is 46.9 Å². The minimum absolute atomic E-state index is 0.167. The second kappa shape index (κ2) is 7.71. The van der Waals surface area contributed by atoms with E-state index in [9.17, 15) is 4.79 Å². The average Bonchev–Trinajstić information content (AvgIpc) is 3.08. The van der Waals surface area contributed by atoms with Gasteiger partial charge in [-0.25, -0.2) is 0 Å². The molecule has 1 N–H and O–H groups in total. The summed E-state index contributed by atoms with van der Waals surface area (Å²) in [5.41, 5.74) is 1.27. The summed E-state index contributed by atoms with van der Waals surface area (Å²) in [5, 5.41) is 2.91. The van der Waals surface area contributed by atoms with Crippen LogP contribution in [0.1, 0.15) is 36.0 Å². The summed E-state index contributed by atoms with van der Waals surface area (Å²) < 4.78 is 12.2. The molecule has 4 nitrogen and oxygen atoms in total. The van der Waals surface area contributed by atoms with E-state index in [1.807, 2.05) is 36.4 Å². The molecule has 0 aromatic heterocycles. The molecule has 2 aromatic rings. The molecule has 0 spiro atoms. The van der Waals surface area contributed by atoms with Crippen LogP contribution in [0.25, 0.3) is 0 Å². The molecule has 0 radical (unpaired) electrons. The van der Waals surface area contributed by atoms with E-state index < -0.39 is 0 Å². The van der Waals surface area contributed by atoms with Crippen molar-refractivity contribution in [2.45, 2.75) is 31.8 Å². The van der Waals surface area contributed by atoms with E-state index in [-0.39, 0.29) is 12.0 Å². The van der Waals surface area contributed by atoms with Gasteiger partial charge in [0.25, 0.3) is 5.91 Å². The molecule has 1 aliphatic carbocycles. The number of carbonyl (C=O) groups excluding carboxylic acids is 1. The Morgan fingerprint density at radius 1 is 1.12 bits per heavy atom. The summed E-state index contributed by atoms with van der Waals surface area (Å²) >= 11 is 3.40. The van der Waals surface area contributed by atoms with Crippen LogP contribution in [0.4, 0.5) is 5.69 Å². The summed E-state index contributed by atoms with van der Waals surface area (Å²) in [4.78, 5) is 12.4. The van der Waals surface area contributed by atoms with Gasteiger partial charge in [-0.2, -0.15) is 0 Å². The standard InChI is InChI=1S/C19H20BrNO3/c1-23-17-11-10-13(12-18(17)24-14-6-2-3-7-14)21-19(22)15-8-4-5-9-16(15)20/h4-5,8-12,14H,2-3,6-7H2,1H3,(H,21,22). The van der Waals surface area contributed by atoms with Gasteiger partial charge in [0.15, 0.2) is 11.5 Å². The highest BCUT2D eigenvalue weighted by Gasteiger charge is 2.19. The van der Waals surface area contributed by atoms with Crippen LogP contribution >= 0.6 is 15.9 Å². The summed E-state index contributed by atoms with van der Waals surface area (Å²) in [5.74, 6) is 1.19. The number of rotatable bonds is 5. The molecule has 0 heterocycles. The molecule has 1 aliphatic rings. The molecule has 0 saturated heterocycles. The molecule has 0 bridgehead atoms. The van der Waals surface area contributed by atoms with Gasteiger partial charge in [0.1, 0.15) is 0 Å². The lowest BCUT2D eigenvalue weighted by Gasteiger charge is -2.17. The molecule has 0 atom stereocenters. The lowest BCUT2D eigenvalue weighted by Crippen LogP contribution is -2.14. The molecule has 2 aromatic carbocycles. The number of amides is 1. The van der Waals surface area contributed by atoms with E-state index in [4.69, 9.17) is 9.47 Å². The number of carbonyl (C=O) groups is 1. The zero-order valence-electron chi connectivity index (χ0n) is 13.5. The predicted octanol–water partition coefficient (Wildman–Crippen LogP) is 5.03. The number of hydrogen-bond donors (Lipinski definition) is 1. The van der Waals surface area contributed by atoms with E-state index in [0.29, 0.717) is 22.7 Å². The molecule has 24 heavy (non-hydrogen) atoms. The smallest absolute Gasteiger partial charge is 0.256 e. The van der Waals surface area contributed by atoms with Crippen molar-refractivity contribution in [1.29, 1.82) is 0 Å². The zero-order chi connectivity index (χ0) is 16.9. The number of nitrogens with one attached hydrogen (secondary N) is 1. The minimum atomic E-state index is -0.167. The summed E-state index contributed by atoms with van der Waals surface area (Å²) in [6, 6.07) is 12.8. The number of benzene rings is 2. The number of halogens is 1. The van der Waals surface area contributed by atoms with Crippen LogP contribution in [0, 0.1) is 0 Å². The molecule has 1 amide bonds. The van der Waals surface area contributed by atoms with Gasteiger partial charge < -0.3 is 14.8 Å². The van der Waals surface area contributed by atoms with Gasteiger partial charge >= 0.3 is 0 Å². The maximum absolute atomic E-state index is 12.4. The van der Waals surface area contributed by atoms with Crippen LogP contribution in [-0.4, -0.2) is 19.1 Å². The second-order valence-corrected chi connectivity index (χ2v) is 6.68. The lowest BCUT2D eigenvalue weighted by molar-refractivity contribution is 0.102. The third kappa shape index (κ3) is 3.90. The SMILES string of the molecule is COc1ccc(NC(=O)c2ccccc2Br)cc1OC1CCCC1. The molecule has 5 heteroatoms. The van der Waals surface area contributed by atoms with E-state index >= 15 is 0 Å². The monoisotopic (exact) mass is 389 g/mol. The highest BCUT2D eigenvalue weighted by molar-refractivity contribution is 9.10. The van der Waals surface area contributed by atoms with Crippen molar-refractivity contribution in [3.8, 4) is 11.5 Å². The molecular weight excluding hydrogens is 370 g/mol. The fourth-order valence-electron chi connectivity index (χ4n) is 2.88. The molecule has 0 unspecified atom stereocenters. The van der Waals surface area contributed by atoms with Crippen molar-refractivity contribution in [2.75, 3.05) is 12.4 Å². The van der Waals surface area contributed by atoms with Crippen molar-refractivity contribution in [2.24, 2.45) is 0 Å². The Kier molecular flexibility index (Phi) is 5.41. The molecular formula is C19H20BrNO3. The summed E-state index contributed by atoms with van der Waals surface area (Å²) in [6.45, 7) is 0. The predicted molar refractivity (Wildman–Crippen MR) is 98.0 cm³/mol. The van der Waals surface area contributed by atoms with Gasteiger partial charge in [-0.1, -0.05) is 12.1 Å². The lowest BCUT2D eigenvalue weighted by atomic mass is 10.2. The van der Waals surface area contributed by atoms with Crippen LogP contribution in [0.5, 0.6) is 11.5 Å². The third-order valence-electron chi connectivity index (χ3n) is 4.14. The van der Waals surface area contributed by atoms with Crippen molar-refractivity contribution >= 4 is 27.5 Å². The number of methoxy groups -OCH3 is 1. The van der Waals surface area contributed by atoms with Gasteiger partial charge in [-0.15, -0.1) is 0 Å². The van der Waals surface area contributed by atoms with Crippen molar-refractivity contribution < 1.29 is 14.3 Å². The Labute approximate surface area is 150 Å². The Hall–Kier alpha value is -2.01.